The van der Waals surface area contributed by atoms with Crippen molar-refractivity contribution in [1.29, 1.82) is 0 Å². The van der Waals surface area contributed by atoms with Gasteiger partial charge < -0.3 is 0 Å². The second kappa shape index (κ2) is 4.60. The summed E-state index contributed by atoms with van der Waals surface area (Å²) in [5, 5.41) is 7.43. The van der Waals surface area contributed by atoms with Gasteiger partial charge >= 0.3 is 6.18 Å². The van der Waals surface area contributed by atoms with E-state index in [9.17, 15) is 13.2 Å². The molecule has 0 saturated carbocycles. The topological polar surface area (TPSA) is 51.6 Å². The molecule has 2 rings (SSSR count). The third-order valence-electron chi connectivity index (χ3n) is 1.99. The molecule has 0 aliphatic heterocycles. The van der Waals surface area contributed by atoms with Crippen LogP contribution in [0.3, 0.4) is 0 Å². The molecule has 2 aromatic rings. The molecule has 0 unspecified atom stereocenters. The van der Waals surface area contributed by atoms with Gasteiger partial charge in [-0.2, -0.15) is 13.2 Å². The van der Waals surface area contributed by atoms with Crippen molar-refractivity contribution in [2.24, 2.45) is 0 Å². The minimum absolute atomic E-state index is 0.0831. The van der Waals surface area contributed by atoms with Gasteiger partial charge in [0.2, 0.25) is 0 Å². The largest absolute Gasteiger partial charge is 0.395 e. The van der Waals surface area contributed by atoms with Crippen molar-refractivity contribution in [3.63, 3.8) is 0 Å². The van der Waals surface area contributed by atoms with Crippen molar-refractivity contribution in [3.05, 3.63) is 22.5 Å². The van der Waals surface area contributed by atoms with Crippen molar-refractivity contribution in [2.75, 3.05) is 0 Å². The van der Waals surface area contributed by atoms with E-state index in [4.69, 9.17) is 0 Å². The molecule has 0 N–H and O–H groups in total. The average Bonchev–Trinajstić information content (AvgIpc) is 2.61. The van der Waals surface area contributed by atoms with Gasteiger partial charge in [-0.3, -0.25) is 0 Å². The highest BCUT2D eigenvalue weighted by atomic mass is 32.1. The number of aromatic nitrogens is 4. The molecule has 0 spiro atoms. The second-order valence-electron chi connectivity index (χ2n) is 3.77. The number of hydrogen-bond donors (Lipinski definition) is 0. The van der Waals surface area contributed by atoms with E-state index in [0.29, 0.717) is 10.8 Å². The Kier molecular flexibility index (Phi) is 3.29. The zero-order valence-corrected chi connectivity index (χ0v) is 10.4. The fourth-order valence-corrected chi connectivity index (χ4v) is 2.21. The van der Waals surface area contributed by atoms with E-state index in [2.05, 4.69) is 20.2 Å². The third-order valence-corrected chi connectivity index (χ3v) is 2.91. The van der Waals surface area contributed by atoms with Crippen LogP contribution in [0.1, 0.15) is 16.4 Å². The Labute approximate surface area is 105 Å². The Balaban J connectivity index is 2.29. The van der Waals surface area contributed by atoms with Gasteiger partial charge in [-0.05, 0) is 19.9 Å². The Hall–Kier alpha value is -1.57. The fraction of sp³-hybridized carbons (Fsp3) is 0.400. The predicted molar refractivity (Wildman–Crippen MR) is 60.2 cm³/mol. The SMILES string of the molecule is Cc1cc(C)nc(-c2nnc(CC(F)(F)F)s2)n1. The van der Waals surface area contributed by atoms with Crippen LogP contribution in [-0.2, 0) is 6.42 Å². The van der Waals surface area contributed by atoms with Gasteiger partial charge in [-0.15, -0.1) is 10.2 Å². The maximum atomic E-state index is 12.2. The van der Waals surface area contributed by atoms with Crippen LogP contribution in [0.4, 0.5) is 13.2 Å². The maximum Gasteiger partial charge on any atom is 0.395 e. The van der Waals surface area contributed by atoms with Crippen LogP contribution in [0.2, 0.25) is 0 Å². The first-order valence-corrected chi connectivity index (χ1v) is 5.87. The van der Waals surface area contributed by atoms with Gasteiger partial charge in [0.25, 0.3) is 0 Å². The molecule has 0 amide bonds. The van der Waals surface area contributed by atoms with Crippen LogP contribution in [0, 0.1) is 13.8 Å². The summed E-state index contributed by atoms with van der Waals surface area (Å²) in [6, 6.07) is 1.78. The van der Waals surface area contributed by atoms with Gasteiger partial charge in [0.05, 0.1) is 6.42 Å². The zero-order chi connectivity index (χ0) is 13.3. The van der Waals surface area contributed by atoms with Crippen LogP contribution < -0.4 is 0 Å². The van der Waals surface area contributed by atoms with Gasteiger partial charge in [0.15, 0.2) is 10.8 Å². The summed E-state index contributed by atoms with van der Waals surface area (Å²) in [5.41, 5.74) is 1.48. The zero-order valence-electron chi connectivity index (χ0n) is 9.62. The molecule has 0 aromatic carbocycles. The van der Waals surface area contributed by atoms with Crippen molar-refractivity contribution in [1.82, 2.24) is 20.2 Å². The van der Waals surface area contributed by atoms with Crippen molar-refractivity contribution < 1.29 is 13.2 Å². The molecule has 2 aromatic heterocycles. The number of aryl methyl sites for hydroxylation is 2. The lowest BCUT2D eigenvalue weighted by molar-refractivity contribution is -0.127. The lowest BCUT2D eigenvalue weighted by Crippen LogP contribution is -2.11. The van der Waals surface area contributed by atoms with Crippen molar-refractivity contribution in [2.45, 2.75) is 26.4 Å². The molecule has 4 nitrogen and oxygen atoms in total. The van der Waals surface area contributed by atoms with E-state index in [1.807, 2.05) is 0 Å². The quantitative estimate of drug-likeness (QED) is 0.845. The number of nitrogens with zero attached hydrogens (tertiary/aromatic N) is 4. The first-order valence-electron chi connectivity index (χ1n) is 5.05. The number of rotatable bonds is 2. The van der Waals surface area contributed by atoms with E-state index in [1.165, 1.54) is 0 Å². The molecule has 0 saturated heterocycles. The second-order valence-corrected chi connectivity index (χ2v) is 4.83. The monoisotopic (exact) mass is 274 g/mol. The van der Waals surface area contributed by atoms with Crippen molar-refractivity contribution in [3.8, 4) is 10.8 Å². The molecule has 0 aliphatic carbocycles. The molecule has 0 aliphatic rings. The Morgan fingerprint density at radius 2 is 1.72 bits per heavy atom. The molecule has 8 heteroatoms. The summed E-state index contributed by atoms with van der Waals surface area (Å²) >= 11 is 0.863. The van der Waals surface area contributed by atoms with Gasteiger partial charge in [-0.1, -0.05) is 11.3 Å². The van der Waals surface area contributed by atoms with E-state index < -0.39 is 12.6 Å². The molecule has 0 atom stereocenters. The van der Waals surface area contributed by atoms with E-state index in [1.54, 1.807) is 19.9 Å². The maximum absolute atomic E-state index is 12.2. The standard InChI is InChI=1S/C10H9F3N4S/c1-5-3-6(2)15-8(14-5)9-17-16-7(18-9)4-10(11,12)13/h3H,4H2,1-2H3. The first-order chi connectivity index (χ1) is 8.33. The smallest absolute Gasteiger partial charge is 0.231 e. The summed E-state index contributed by atoms with van der Waals surface area (Å²) in [6.07, 6.45) is -5.35. The fourth-order valence-electron chi connectivity index (χ4n) is 1.41. The van der Waals surface area contributed by atoms with Gasteiger partial charge in [-0.25, -0.2) is 9.97 Å². The van der Waals surface area contributed by atoms with Crippen molar-refractivity contribution >= 4 is 11.3 Å². The van der Waals surface area contributed by atoms with Crippen LogP contribution in [0.5, 0.6) is 0 Å². The molecule has 0 fully saturated rings. The average molecular weight is 274 g/mol. The molecule has 96 valence electrons. The molecule has 0 bridgehead atoms. The lowest BCUT2D eigenvalue weighted by Gasteiger charge is -2.00. The summed E-state index contributed by atoms with van der Waals surface area (Å²) in [4.78, 5) is 8.26. The molecular formula is C10H9F3N4S. The summed E-state index contributed by atoms with van der Waals surface area (Å²) in [6.45, 7) is 3.58. The van der Waals surface area contributed by atoms with Gasteiger partial charge in [0.1, 0.15) is 5.01 Å². The molecule has 18 heavy (non-hydrogen) atoms. The van der Waals surface area contributed by atoms with Crippen LogP contribution in [0.25, 0.3) is 10.8 Å². The number of hydrogen-bond acceptors (Lipinski definition) is 5. The molecule has 2 heterocycles. The lowest BCUT2D eigenvalue weighted by atomic mass is 10.3. The summed E-state index contributed by atoms with van der Waals surface area (Å²) in [5.74, 6) is 0.318. The van der Waals surface area contributed by atoms with E-state index in [0.717, 1.165) is 22.7 Å². The highest BCUT2D eigenvalue weighted by molar-refractivity contribution is 7.14. The van der Waals surface area contributed by atoms with Crippen LogP contribution >= 0.6 is 11.3 Å². The third kappa shape index (κ3) is 3.22. The minimum atomic E-state index is -4.28. The number of halogens is 3. The van der Waals surface area contributed by atoms with Crippen LogP contribution in [-0.4, -0.2) is 26.3 Å². The summed E-state index contributed by atoms with van der Waals surface area (Å²) < 4.78 is 36.6. The highest BCUT2D eigenvalue weighted by Gasteiger charge is 2.30. The first kappa shape index (κ1) is 12.9. The predicted octanol–water partition coefficient (Wildman–Crippen LogP) is 2.72. The highest BCUT2D eigenvalue weighted by Crippen LogP contribution is 2.26. The van der Waals surface area contributed by atoms with Crippen LogP contribution in [0.15, 0.2) is 6.07 Å². The van der Waals surface area contributed by atoms with E-state index in [-0.39, 0.29) is 5.01 Å². The number of alkyl halides is 3. The Bertz CT molecular complexity index is 544. The van der Waals surface area contributed by atoms with Gasteiger partial charge in [0, 0.05) is 11.4 Å². The minimum Gasteiger partial charge on any atom is -0.231 e. The van der Waals surface area contributed by atoms with E-state index >= 15 is 0 Å². The molecular weight excluding hydrogens is 265 g/mol. The Morgan fingerprint density at radius 1 is 1.11 bits per heavy atom. The molecule has 0 radical (unpaired) electrons. The Morgan fingerprint density at radius 3 is 2.28 bits per heavy atom. The normalized spacial score (nSPS) is 11.8. The summed E-state index contributed by atoms with van der Waals surface area (Å²) in [7, 11) is 0.